The van der Waals surface area contributed by atoms with Gasteiger partial charge in [0.05, 0.1) is 15.5 Å². The largest absolute Gasteiger partial charge is 0.502 e. The molecule has 7 nitrogen and oxygen atoms in total. The number of hydrogen-bond donors (Lipinski definition) is 1. The van der Waals surface area contributed by atoms with Gasteiger partial charge in [0.1, 0.15) is 0 Å². The molecule has 3 rings (SSSR count). The molecule has 0 spiro atoms. The number of aromatic hydroxyl groups is 1. The molecule has 0 saturated carbocycles. The first kappa shape index (κ1) is 18.9. The molecule has 1 fully saturated rings. The summed E-state index contributed by atoms with van der Waals surface area (Å²) in [6.07, 6.45) is 1.55. The van der Waals surface area contributed by atoms with Crippen molar-refractivity contribution in [2.45, 2.75) is 6.92 Å². The molecule has 1 saturated heterocycles. The maximum atomic E-state index is 12.6. The van der Waals surface area contributed by atoms with Gasteiger partial charge in [0, 0.05) is 17.6 Å². The van der Waals surface area contributed by atoms with E-state index < -0.39 is 16.4 Å². The quantitative estimate of drug-likeness (QED) is 0.458. The molecule has 1 heterocycles. The highest BCUT2D eigenvalue weighted by Gasteiger charge is 2.32. The Morgan fingerprint density at radius 2 is 2.00 bits per heavy atom. The van der Waals surface area contributed by atoms with Gasteiger partial charge >= 0.3 is 5.69 Å². The fraction of sp³-hybridized carbons (Fsp3) is 0.111. The van der Waals surface area contributed by atoms with Crippen molar-refractivity contribution in [3.8, 4) is 5.75 Å². The maximum absolute atomic E-state index is 12.6. The minimum atomic E-state index is -0.674. The minimum absolute atomic E-state index is 0.231. The van der Waals surface area contributed by atoms with E-state index in [9.17, 15) is 20.0 Å². The molecule has 1 amide bonds. The molecule has 0 atom stereocenters. The van der Waals surface area contributed by atoms with Gasteiger partial charge in [-0.25, -0.2) is 4.99 Å². The van der Waals surface area contributed by atoms with E-state index in [1.54, 1.807) is 30.3 Å². The summed E-state index contributed by atoms with van der Waals surface area (Å²) in [5, 5.41) is 21.6. The number of hydrogen-bond acceptors (Lipinski definition) is 6. The molecular weight excluding hydrogens is 390 g/mol. The van der Waals surface area contributed by atoms with Crippen LogP contribution in [-0.2, 0) is 4.79 Å². The Kier molecular flexibility index (Phi) is 5.48. The maximum Gasteiger partial charge on any atom is 0.311 e. The van der Waals surface area contributed by atoms with Crippen molar-refractivity contribution in [3.63, 3.8) is 0 Å². The highest BCUT2D eigenvalue weighted by molar-refractivity contribution is 8.18. The van der Waals surface area contributed by atoms with Crippen molar-refractivity contribution < 1.29 is 14.8 Å². The van der Waals surface area contributed by atoms with E-state index in [-0.39, 0.29) is 5.91 Å². The lowest BCUT2D eigenvalue weighted by molar-refractivity contribution is -0.385. The lowest BCUT2D eigenvalue weighted by Crippen LogP contribution is -2.28. The number of amidine groups is 1. The van der Waals surface area contributed by atoms with Gasteiger partial charge in [-0.3, -0.25) is 19.8 Å². The highest BCUT2D eigenvalue weighted by atomic mass is 35.5. The number of rotatable bonds is 4. The first-order chi connectivity index (χ1) is 12.9. The van der Waals surface area contributed by atoms with Crippen LogP contribution in [0.2, 0.25) is 5.02 Å². The number of carbonyl (C=O) groups excluding carboxylic acids is 1. The number of carbonyl (C=O) groups is 1. The van der Waals surface area contributed by atoms with Crippen LogP contribution in [0.3, 0.4) is 0 Å². The third-order valence-electron chi connectivity index (χ3n) is 3.75. The number of phenols is 1. The van der Waals surface area contributed by atoms with Crippen molar-refractivity contribution in [2.24, 2.45) is 4.99 Å². The third kappa shape index (κ3) is 4.12. The lowest BCUT2D eigenvalue weighted by Gasteiger charge is -2.11. The second-order valence-electron chi connectivity index (χ2n) is 5.54. The fourth-order valence-corrected chi connectivity index (χ4v) is 3.61. The number of likely N-dealkylation sites (N-methyl/N-ethyl adjacent to an activating group) is 1. The van der Waals surface area contributed by atoms with Crippen molar-refractivity contribution in [1.82, 2.24) is 4.90 Å². The number of benzene rings is 2. The van der Waals surface area contributed by atoms with Crippen LogP contribution in [0, 0.1) is 10.1 Å². The summed E-state index contributed by atoms with van der Waals surface area (Å²) in [7, 11) is 0. The van der Waals surface area contributed by atoms with Gasteiger partial charge in [0.15, 0.2) is 10.9 Å². The SMILES string of the molecule is CCN1C(=O)/C(=C/c2ccc(O)c([N+](=O)[O-])c2)SC1=Nc1ccc(Cl)cc1. The predicted octanol–water partition coefficient (Wildman–Crippen LogP) is 4.58. The molecule has 2 aromatic carbocycles. The normalized spacial score (nSPS) is 17.1. The molecule has 0 unspecified atom stereocenters. The summed E-state index contributed by atoms with van der Waals surface area (Å²) in [6, 6.07) is 10.9. The summed E-state index contributed by atoms with van der Waals surface area (Å²) in [4.78, 5) is 29.3. The van der Waals surface area contributed by atoms with Gasteiger partial charge in [-0.2, -0.15) is 0 Å². The molecule has 2 aromatic rings. The van der Waals surface area contributed by atoms with Gasteiger partial charge in [-0.05, 0) is 60.7 Å². The van der Waals surface area contributed by atoms with Crippen molar-refractivity contribution in [2.75, 3.05) is 6.54 Å². The van der Waals surface area contributed by atoms with Gasteiger partial charge < -0.3 is 5.11 Å². The Balaban J connectivity index is 1.94. The zero-order valence-electron chi connectivity index (χ0n) is 14.1. The van der Waals surface area contributed by atoms with Crippen LogP contribution in [0.4, 0.5) is 11.4 Å². The Morgan fingerprint density at radius 3 is 2.63 bits per heavy atom. The van der Waals surface area contributed by atoms with Crippen LogP contribution in [0.25, 0.3) is 6.08 Å². The number of aliphatic imine (C=N–C) groups is 1. The number of thioether (sulfide) groups is 1. The van der Waals surface area contributed by atoms with E-state index in [1.165, 1.54) is 34.9 Å². The fourth-order valence-electron chi connectivity index (χ4n) is 2.42. The Morgan fingerprint density at radius 1 is 1.30 bits per heavy atom. The molecule has 27 heavy (non-hydrogen) atoms. The second-order valence-corrected chi connectivity index (χ2v) is 6.98. The number of nitro groups is 1. The number of nitrogens with zero attached hydrogens (tertiary/aromatic N) is 3. The second kappa shape index (κ2) is 7.81. The Bertz CT molecular complexity index is 973. The summed E-state index contributed by atoms with van der Waals surface area (Å²) in [5.41, 5.74) is 0.691. The smallest absolute Gasteiger partial charge is 0.311 e. The molecule has 0 aliphatic carbocycles. The van der Waals surface area contributed by atoms with E-state index in [4.69, 9.17) is 11.6 Å². The summed E-state index contributed by atoms with van der Waals surface area (Å²) in [5.74, 6) is -0.654. The zero-order chi connectivity index (χ0) is 19.6. The molecule has 0 aromatic heterocycles. The van der Waals surface area contributed by atoms with E-state index in [0.717, 1.165) is 0 Å². The Hall–Kier alpha value is -2.84. The third-order valence-corrected chi connectivity index (χ3v) is 5.01. The molecular formula is C18H14ClN3O4S. The average molecular weight is 404 g/mol. The molecule has 9 heteroatoms. The van der Waals surface area contributed by atoms with E-state index in [0.29, 0.717) is 32.9 Å². The number of nitro benzene ring substituents is 1. The summed E-state index contributed by atoms with van der Waals surface area (Å²) < 4.78 is 0. The van der Waals surface area contributed by atoms with E-state index >= 15 is 0 Å². The number of halogens is 1. The van der Waals surface area contributed by atoms with Crippen molar-refractivity contribution >= 4 is 51.9 Å². The average Bonchev–Trinajstić information content (AvgIpc) is 2.93. The van der Waals surface area contributed by atoms with Gasteiger partial charge in [0.25, 0.3) is 5.91 Å². The standard InChI is InChI=1S/C18H14ClN3O4S/c1-2-21-17(24)16(10-11-3-8-15(23)14(9-11)22(25)26)27-18(21)20-13-6-4-12(19)5-7-13/h3-10,23H,2H2,1H3/b16-10-,20-18?. The van der Waals surface area contributed by atoms with E-state index in [1.807, 2.05) is 6.92 Å². The molecule has 0 radical (unpaired) electrons. The molecule has 138 valence electrons. The van der Waals surface area contributed by atoms with Crippen molar-refractivity contribution in [3.05, 3.63) is 68.1 Å². The van der Waals surface area contributed by atoms with Crippen LogP contribution in [0.5, 0.6) is 5.75 Å². The molecule has 0 bridgehead atoms. The predicted molar refractivity (Wildman–Crippen MR) is 106 cm³/mol. The summed E-state index contributed by atoms with van der Waals surface area (Å²) >= 11 is 7.06. The van der Waals surface area contributed by atoms with E-state index in [2.05, 4.69) is 4.99 Å². The molecule has 1 aliphatic heterocycles. The van der Waals surface area contributed by atoms with Gasteiger partial charge in [-0.1, -0.05) is 17.7 Å². The van der Waals surface area contributed by atoms with Crippen LogP contribution in [0.1, 0.15) is 12.5 Å². The number of phenolic OH excluding ortho intramolecular Hbond substituents is 1. The minimum Gasteiger partial charge on any atom is -0.502 e. The number of amides is 1. The molecule has 1 N–H and O–H groups in total. The summed E-state index contributed by atoms with van der Waals surface area (Å²) in [6.45, 7) is 2.27. The van der Waals surface area contributed by atoms with Crippen molar-refractivity contribution in [1.29, 1.82) is 0 Å². The van der Waals surface area contributed by atoms with Gasteiger partial charge in [-0.15, -0.1) is 0 Å². The monoisotopic (exact) mass is 403 g/mol. The molecule has 1 aliphatic rings. The topological polar surface area (TPSA) is 96.0 Å². The zero-order valence-corrected chi connectivity index (χ0v) is 15.7. The van der Waals surface area contributed by atoms with Crippen LogP contribution in [0.15, 0.2) is 52.4 Å². The van der Waals surface area contributed by atoms with Crippen LogP contribution < -0.4 is 0 Å². The lowest BCUT2D eigenvalue weighted by atomic mass is 10.1. The van der Waals surface area contributed by atoms with Crippen LogP contribution in [-0.4, -0.2) is 32.5 Å². The van der Waals surface area contributed by atoms with Crippen LogP contribution >= 0.6 is 23.4 Å². The van der Waals surface area contributed by atoms with Gasteiger partial charge in [0.2, 0.25) is 0 Å². The first-order valence-electron chi connectivity index (χ1n) is 7.92. The highest BCUT2D eigenvalue weighted by Crippen LogP contribution is 2.35. The Labute approximate surface area is 164 Å². The first-order valence-corrected chi connectivity index (χ1v) is 9.11.